The van der Waals surface area contributed by atoms with E-state index >= 15 is 0 Å². The van der Waals surface area contributed by atoms with Gasteiger partial charge < -0.3 is 15.2 Å². The normalized spacial score (nSPS) is 10.1. The largest absolute Gasteiger partial charge is 0.506 e. The van der Waals surface area contributed by atoms with Gasteiger partial charge >= 0.3 is 5.97 Å². The summed E-state index contributed by atoms with van der Waals surface area (Å²) in [6, 6.07) is 6.73. The first-order valence-electron chi connectivity index (χ1n) is 4.03. The maximum atomic E-state index is 10.7. The second-order valence-electron chi connectivity index (χ2n) is 2.52. The number of para-hydroxylation sites is 2. The Balaban J connectivity index is 2.58. The molecule has 0 radical (unpaired) electrons. The lowest BCUT2D eigenvalue weighted by Gasteiger charge is -2.02. The molecule has 0 saturated heterocycles. The minimum Gasteiger partial charge on any atom is -0.506 e. The number of ether oxygens (including phenoxy) is 1. The van der Waals surface area contributed by atoms with Gasteiger partial charge in [-0.3, -0.25) is 0 Å². The third kappa shape index (κ3) is 2.82. The smallest absolute Gasteiger partial charge is 0.331 e. The molecule has 0 saturated carbocycles. The van der Waals surface area contributed by atoms with Crippen LogP contribution < -0.4 is 5.32 Å². The SMILES string of the molecule is COC(=O)/C=C\Nc1ccccc1O. The van der Waals surface area contributed by atoms with Gasteiger partial charge in [0.1, 0.15) is 5.75 Å². The molecule has 1 rings (SSSR count). The first-order chi connectivity index (χ1) is 6.74. The fraction of sp³-hybridized carbons (Fsp3) is 0.100. The van der Waals surface area contributed by atoms with Crippen LogP contribution in [0.1, 0.15) is 0 Å². The van der Waals surface area contributed by atoms with Crippen LogP contribution in [0.2, 0.25) is 0 Å². The predicted octanol–water partition coefficient (Wildman–Crippen LogP) is 1.49. The Morgan fingerprint density at radius 1 is 1.50 bits per heavy atom. The van der Waals surface area contributed by atoms with Crippen LogP contribution in [0.5, 0.6) is 5.75 Å². The Labute approximate surface area is 81.8 Å². The number of hydrogen-bond donors (Lipinski definition) is 2. The van der Waals surface area contributed by atoms with Gasteiger partial charge in [-0.2, -0.15) is 0 Å². The summed E-state index contributed by atoms with van der Waals surface area (Å²) < 4.78 is 4.39. The first kappa shape index (κ1) is 10.1. The molecule has 0 spiro atoms. The molecule has 0 aliphatic rings. The quantitative estimate of drug-likeness (QED) is 0.434. The minimum absolute atomic E-state index is 0.127. The van der Waals surface area contributed by atoms with Gasteiger partial charge in [-0.25, -0.2) is 4.79 Å². The zero-order valence-corrected chi connectivity index (χ0v) is 7.73. The number of rotatable bonds is 3. The van der Waals surface area contributed by atoms with Crippen molar-refractivity contribution in [2.75, 3.05) is 12.4 Å². The summed E-state index contributed by atoms with van der Waals surface area (Å²) in [6.45, 7) is 0. The van der Waals surface area contributed by atoms with Crippen LogP contribution in [-0.4, -0.2) is 18.2 Å². The third-order valence-electron chi connectivity index (χ3n) is 1.56. The molecule has 0 amide bonds. The van der Waals surface area contributed by atoms with Crippen LogP contribution >= 0.6 is 0 Å². The minimum atomic E-state index is -0.451. The highest BCUT2D eigenvalue weighted by atomic mass is 16.5. The fourth-order valence-electron chi connectivity index (χ4n) is 0.863. The van der Waals surface area contributed by atoms with E-state index in [1.54, 1.807) is 24.3 Å². The average molecular weight is 193 g/mol. The molecule has 0 bridgehead atoms. The second kappa shape index (κ2) is 4.91. The van der Waals surface area contributed by atoms with Gasteiger partial charge in [0.2, 0.25) is 0 Å². The molecule has 74 valence electrons. The standard InChI is InChI=1S/C10H11NO3/c1-14-10(13)6-7-11-8-4-2-3-5-9(8)12/h2-7,11-12H,1H3/b7-6-. The van der Waals surface area contributed by atoms with E-state index in [1.807, 2.05) is 0 Å². The van der Waals surface area contributed by atoms with Gasteiger partial charge in [-0.15, -0.1) is 0 Å². The van der Waals surface area contributed by atoms with Crippen LogP contribution in [0.15, 0.2) is 36.5 Å². The Morgan fingerprint density at radius 3 is 2.86 bits per heavy atom. The Kier molecular flexibility index (Phi) is 3.55. The third-order valence-corrected chi connectivity index (χ3v) is 1.56. The number of benzene rings is 1. The average Bonchev–Trinajstić information content (AvgIpc) is 2.20. The molecule has 0 aliphatic carbocycles. The molecule has 0 fully saturated rings. The summed E-state index contributed by atoms with van der Waals surface area (Å²) in [5.74, 6) is -0.324. The van der Waals surface area contributed by atoms with Crippen molar-refractivity contribution < 1.29 is 14.6 Å². The monoisotopic (exact) mass is 193 g/mol. The van der Waals surface area contributed by atoms with Crippen molar-refractivity contribution in [1.82, 2.24) is 0 Å². The summed E-state index contributed by atoms with van der Waals surface area (Å²) in [6.07, 6.45) is 2.63. The van der Waals surface area contributed by atoms with E-state index in [9.17, 15) is 9.90 Å². The van der Waals surface area contributed by atoms with Gasteiger partial charge in [0.15, 0.2) is 0 Å². The number of phenolic OH excluding ortho intramolecular Hbond substituents is 1. The van der Waals surface area contributed by atoms with Gasteiger partial charge in [-0.1, -0.05) is 12.1 Å². The predicted molar refractivity (Wildman–Crippen MR) is 52.9 cm³/mol. The maximum absolute atomic E-state index is 10.7. The topological polar surface area (TPSA) is 58.6 Å². The van der Waals surface area contributed by atoms with Crippen LogP contribution in [0.4, 0.5) is 5.69 Å². The van der Waals surface area contributed by atoms with E-state index in [4.69, 9.17) is 0 Å². The number of phenols is 1. The molecule has 1 aromatic rings. The zero-order chi connectivity index (χ0) is 10.4. The summed E-state index contributed by atoms with van der Waals surface area (Å²) in [5.41, 5.74) is 0.535. The number of methoxy groups -OCH3 is 1. The number of esters is 1. The molecule has 14 heavy (non-hydrogen) atoms. The highest BCUT2D eigenvalue weighted by Gasteiger charge is 1.95. The van der Waals surface area contributed by atoms with Crippen LogP contribution in [0.3, 0.4) is 0 Å². The van der Waals surface area contributed by atoms with E-state index in [0.29, 0.717) is 5.69 Å². The summed E-state index contributed by atoms with van der Waals surface area (Å²) in [5, 5.41) is 12.1. The Hall–Kier alpha value is -1.97. The number of aromatic hydroxyl groups is 1. The fourth-order valence-corrected chi connectivity index (χ4v) is 0.863. The van der Waals surface area contributed by atoms with Gasteiger partial charge in [-0.05, 0) is 12.1 Å². The molecule has 0 atom stereocenters. The Bertz CT molecular complexity index is 347. The zero-order valence-electron chi connectivity index (χ0n) is 7.73. The van der Waals surface area contributed by atoms with Gasteiger partial charge in [0.05, 0.1) is 12.8 Å². The number of anilines is 1. The summed E-state index contributed by atoms with van der Waals surface area (Å²) in [4.78, 5) is 10.7. The van der Waals surface area contributed by atoms with E-state index < -0.39 is 5.97 Å². The van der Waals surface area contributed by atoms with E-state index in [-0.39, 0.29) is 5.75 Å². The number of hydrogen-bond acceptors (Lipinski definition) is 4. The van der Waals surface area contributed by atoms with Crippen molar-refractivity contribution in [1.29, 1.82) is 0 Å². The van der Waals surface area contributed by atoms with Crippen molar-refractivity contribution >= 4 is 11.7 Å². The van der Waals surface area contributed by atoms with Crippen molar-refractivity contribution in [3.63, 3.8) is 0 Å². The number of nitrogens with one attached hydrogen (secondary N) is 1. The molecule has 1 aromatic carbocycles. The van der Waals surface area contributed by atoms with Crippen molar-refractivity contribution in [3.8, 4) is 5.75 Å². The lowest BCUT2D eigenvalue weighted by molar-refractivity contribution is -0.134. The first-order valence-corrected chi connectivity index (χ1v) is 4.03. The van der Waals surface area contributed by atoms with E-state index in [0.717, 1.165) is 0 Å². The number of carbonyl (C=O) groups excluding carboxylic acids is 1. The molecule has 0 heterocycles. The molecule has 2 N–H and O–H groups in total. The molecule has 0 aromatic heterocycles. The van der Waals surface area contributed by atoms with E-state index in [2.05, 4.69) is 10.1 Å². The molecule has 4 heteroatoms. The van der Waals surface area contributed by atoms with Crippen molar-refractivity contribution in [2.24, 2.45) is 0 Å². The highest BCUT2D eigenvalue weighted by molar-refractivity contribution is 5.82. The summed E-state index contributed by atoms with van der Waals surface area (Å²) >= 11 is 0. The highest BCUT2D eigenvalue weighted by Crippen LogP contribution is 2.21. The van der Waals surface area contributed by atoms with Gasteiger partial charge in [0.25, 0.3) is 0 Å². The lowest BCUT2D eigenvalue weighted by atomic mass is 10.3. The van der Waals surface area contributed by atoms with Crippen LogP contribution in [-0.2, 0) is 9.53 Å². The number of carbonyl (C=O) groups is 1. The molecular weight excluding hydrogens is 182 g/mol. The Morgan fingerprint density at radius 2 is 2.21 bits per heavy atom. The second-order valence-corrected chi connectivity index (χ2v) is 2.52. The van der Waals surface area contributed by atoms with Gasteiger partial charge in [0, 0.05) is 12.3 Å². The lowest BCUT2D eigenvalue weighted by Crippen LogP contribution is -1.96. The molecular formula is C10H11NO3. The molecule has 0 unspecified atom stereocenters. The van der Waals surface area contributed by atoms with Crippen molar-refractivity contribution in [3.05, 3.63) is 36.5 Å². The van der Waals surface area contributed by atoms with E-state index in [1.165, 1.54) is 19.4 Å². The summed E-state index contributed by atoms with van der Waals surface area (Å²) in [7, 11) is 1.30. The van der Waals surface area contributed by atoms with Crippen molar-refractivity contribution in [2.45, 2.75) is 0 Å². The maximum Gasteiger partial charge on any atom is 0.331 e. The molecule has 0 aliphatic heterocycles. The molecule has 4 nitrogen and oxygen atoms in total. The van der Waals surface area contributed by atoms with Crippen LogP contribution in [0.25, 0.3) is 0 Å². The van der Waals surface area contributed by atoms with Crippen LogP contribution in [0, 0.1) is 0 Å².